The molecule has 3 aromatic heterocycles. The van der Waals surface area contributed by atoms with Gasteiger partial charge in [-0.15, -0.1) is 11.3 Å². The Kier molecular flexibility index (Phi) is 4.00. The highest BCUT2D eigenvalue weighted by molar-refractivity contribution is 7.13. The van der Waals surface area contributed by atoms with E-state index in [9.17, 15) is 4.79 Å². The van der Waals surface area contributed by atoms with E-state index in [1.54, 1.807) is 28.3 Å². The molecule has 4 rings (SSSR count). The first-order chi connectivity index (χ1) is 12.5. The number of carbonyl (C=O) groups excluding carboxylic acids is 1. The van der Waals surface area contributed by atoms with Gasteiger partial charge in [0.15, 0.2) is 5.65 Å². The SMILES string of the molecule is Cc1cc(C(=O)Nc2ccc(-c3nccs3)cc2)c2c(C)nn(C)c2n1. The lowest BCUT2D eigenvalue weighted by Gasteiger charge is -2.08. The van der Waals surface area contributed by atoms with Gasteiger partial charge in [-0.25, -0.2) is 9.97 Å². The van der Waals surface area contributed by atoms with Crippen molar-refractivity contribution in [3.63, 3.8) is 0 Å². The molecule has 4 aromatic rings. The fraction of sp³-hybridized carbons (Fsp3) is 0.158. The first-order valence-electron chi connectivity index (χ1n) is 8.15. The summed E-state index contributed by atoms with van der Waals surface area (Å²) in [7, 11) is 1.83. The quantitative estimate of drug-likeness (QED) is 0.598. The summed E-state index contributed by atoms with van der Waals surface area (Å²) in [5.74, 6) is -0.168. The van der Waals surface area contributed by atoms with Gasteiger partial charge in [0.1, 0.15) is 5.01 Å². The molecule has 0 atom stereocenters. The Bertz CT molecular complexity index is 1100. The number of nitrogens with zero attached hydrogens (tertiary/aromatic N) is 4. The number of fused-ring (bicyclic) bond motifs is 1. The van der Waals surface area contributed by atoms with Crippen molar-refractivity contribution in [1.82, 2.24) is 19.7 Å². The standard InChI is InChI=1S/C19H17N5OS/c1-11-10-15(16-12(2)23-24(3)17(16)21-11)18(25)22-14-6-4-13(5-7-14)19-20-8-9-26-19/h4-10H,1-3H3,(H,22,25). The lowest BCUT2D eigenvalue weighted by Crippen LogP contribution is -2.13. The molecule has 3 heterocycles. The third kappa shape index (κ3) is 2.86. The maximum Gasteiger partial charge on any atom is 0.256 e. The Balaban J connectivity index is 1.66. The molecular weight excluding hydrogens is 346 g/mol. The van der Waals surface area contributed by atoms with E-state index in [0.717, 1.165) is 33.0 Å². The van der Waals surface area contributed by atoms with E-state index in [2.05, 4.69) is 20.4 Å². The monoisotopic (exact) mass is 363 g/mol. The molecule has 0 saturated heterocycles. The predicted molar refractivity (Wildman–Crippen MR) is 103 cm³/mol. The number of nitrogens with one attached hydrogen (secondary N) is 1. The van der Waals surface area contributed by atoms with Crippen LogP contribution in [0.1, 0.15) is 21.7 Å². The fourth-order valence-corrected chi connectivity index (χ4v) is 3.65. The van der Waals surface area contributed by atoms with E-state index >= 15 is 0 Å². The molecule has 0 aliphatic rings. The van der Waals surface area contributed by atoms with Crippen LogP contribution in [-0.2, 0) is 7.05 Å². The average Bonchev–Trinajstić information content (AvgIpc) is 3.24. The number of hydrogen-bond acceptors (Lipinski definition) is 5. The minimum Gasteiger partial charge on any atom is -0.322 e. The van der Waals surface area contributed by atoms with Crippen molar-refractivity contribution in [2.45, 2.75) is 13.8 Å². The van der Waals surface area contributed by atoms with E-state index < -0.39 is 0 Å². The molecule has 0 saturated carbocycles. The lowest BCUT2D eigenvalue weighted by molar-refractivity contribution is 0.102. The minimum absolute atomic E-state index is 0.168. The van der Waals surface area contributed by atoms with Crippen LogP contribution in [-0.4, -0.2) is 25.7 Å². The third-order valence-electron chi connectivity index (χ3n) is 4.16. The van der Waals surface area contributed by atoms with Gasteiger partial charge in [-0.1, -0.05) is 0 Å². The van der Waals surface area contributed by atoms with E-state index in [-0.39, 0.29) is 5.91 Å². The summed E-state index contributed by atoms with van der Waals surface area (Å²) in [4.78, 5) is 21.7. The highest BCUT2D eigenvalue weighted by Crippen LogP contribution is 2.25. The largest absolute Gasteiger partial charge is 0.322 e. The molecule has 0 aliphatic heterocycles. The van der Waals surface area contributed by atoms with Gasteiger partial charge >= 0.3 is 0 Å². The van der Waals surface area contributed by atoms with Crippen LogP contribution in [0.25, 0.3) is 21.6 Å². The zero-order valence-electron chi connectivity index (χ0n) is 14.6. The van der Waals surface area contributed by atoms with Gasteiger partial charge in [0.05, 0.1) is 16.6 Å². The molecule has 1 aromatic carbocycles. The molecule has 1 amide bonds. The molecule has 0 radical (unpaired) electrons. The van der Waals surface area contributed by atoms with Crippen LogP contribution in [0.2, 0.25) is 0 Å². The zero-order valence-corrected chi connectivity index (χ0v) is 15.5. The smallest absolute Gasteiger partial charge is 0.256 e. The summed E-state index contributed by atoms with van der Waals surface area (Å²) in [6, 6.07) is 9.48. The molecule has 7 heteroatoms. The van der Waals surface area contributed by atoms with Gasteiger partial charge in [-0.3, -0.25) is 9.48 Å². The second-order valence-corrected chi connectivity index (χ2v) is 6.98. The Morgan fingerprint density at radius 2 is 1.96 bits per heavy atom. The van der Waals surface area contributed by atoms with Crippen LogP contribution in [0.3, 0.4) is 0 Å². The molecular formula is C19H17N5OS. The second-order valence-electron chi connectivity index (χ2n) is 6.09. The number of carbonyl (C=O) groups is 1. The zero-order chi connectivity index (χ0) is 18.3. The van der Waals surface area contributed by atoms with Crippen LogP contribution in [0.5, 0.6) is 0 Å². The molecule has 0 fully saturated rings. The van der Waals surface area contributed by atoms with E-state index in [4.69, 9.17) is 0 Å². The average molecular weight is 363 g/mol. The molecule has 26 heavy (non-hydrogen) atoms. The van der Waals surface area contributed by atoms with Gasteiger partial charge in [-0.2, -0.15) is 5.10 Å². The number of pyridine rings is 1. The van der Waals surface area contributed by atoms with Crippen molar-refractivity contribution in [1.29, 1.82) is 0 Å². The molecule has 130 valence electrons. The van der Waals surface area contributed by atoms with Crippen LogP contribution in [0.15, 0.2) is 41.9 Å². The lowest BCUT2D eigenvalue weighted by atomic mass is 10.1. The Hall–Kier alpha value is -3.06. The molecule has 0 bridgehead atoms. The number of aromatic nitrogens is 4. The first-order valence-corrected chi connectivity index (χ1v) is 9.03. The molecule has 0 spiro atoms. The number of amides is 1. The van der Waals surface area contributed by atoms with Crippen molar-refractivity contribution in [3.05, 3.63) is 58.9 Å². The van der Waals surface area contributed by atoms with Crippen LogP contribution in [0, 0.1) is 13.8 Å². The summed E-state index contributed by atoms with van der Waals surface area (Å²) >= 11 is 1.58. The highest BCUT2D eigenvalue weighted by atomic mass is 32.1. The minimum atomic E-state index is -0.168. The Morgan fingerprint density at radius 3 is 2.65 bits per heavy atom. The Morgan fingerprint density at radius 1 is 1.19 bits per heavy atom. The number of anilines is 1. The van der Waals surface area contributed by atoms with Crippen LogP contribution >= 0.6 is 11.3 Å². The normalized spacial score (nSPS) is 11.0. The van der Waals surface area contributed by atoms with Gasteiger partial charge < -0.3 is 5.32 Å². The van der Waals surface area contributed by atoms with Crippen molar-refractivity contribution in [2.75, 3.05) is 5.32 Å². The Labute approximate surface area is 154 Å². The van der Waals surface area contributed by atoms with Crippen molar-refractivity contribution < 1.29 is 4.79 Å². The summed E-state index contributed by atoms with van der Waals surface area (Å²) in [6.07, 6.45) is 1.78. The number of thiazole rings is 1. The molecule has 6 nitrogen and oxygen atoms in total. The summed E-state index contributed by atoms with van der Waals surface area (Å²) in [6.45, 7) is 3.76. The summed E-state index contributed by atoms with van der Waals surface area (Å²) in [5, 5.41) is 11.0. The maximum absolute atomic E-state index is 12.9. The number of aryl methyl sites for hydroxylation is 3. The van der Waals surface area contributed by atoms with Gasteiger partial charge in [0.25, 0.3) is 5.91 Å². The fourth-order valence-electron chi connectivity index (χ4n) is 3.01. The maximum atomic E-state index is 12.9. The first kappa shape index (κ1) is 16.4. The van der Waals surface area contributed by atoms with Gasteiger partial charge in [-0.05, 0) is 44.2 Å². The van der Waals surface area contributed by atoms with Crippen LogP contribution < -0.4 is 5.32 Å². The topological polar surface area (TPSA) is 72.7 Å². The second kappa shape index (κ2) is 6.34. The van der Waals surface area contributed by atoms with Crippen molar-refractivity contribution in [3.8, 4) is 10.6 Å². The third-order valence-corrected chi connectivity index (χ3v) is 4.99. The molecule has 1 N–H and O–H groups in total. The van der Waals surface area contributed by atoms with E-state index in [0.29, 0.717) is 11.2 Å². The summed E-state index contributed by atoms with van der Waals surface area (Å²) in [5.41, 5.74) is 4.64. The van der Waals surface area contributed by atoms with Crippen molar-refractivity contribution >= 4 is 34.0 Å². The number of rotatable bonds is 3. The van der Waals surface area contributed by atoms with Gasteiger partial charge in [0.2, 0.25) is 0 Å². The molecule has 0 unspecified atom stereocenters. The van der Waals surface area contributed by atoms with Gasteiger partial charge in [0, 0.05) is 35.6 Å². The predicted octanol–water partition coefficient (Wildman–Crippen LogP) is 3.96. The van der Waals surface area contributed by atoms with Crippen LogP contribution in [0.4, 0.5) is 5.69 Å². The molecule has 0 aliphatic carbocycles. The van der Waals surface area contributed by atoms with E-state index in [1.165, 1.54) is 0 Å². The van der Waals surface area contributed by atoms with Crippen molar-refractivity contribution in [2.24, 2.45) is 7.05 Å². The summed E-state index contributed by atoms with van der Waals surface area (Å²) < 4.78 is 1.71. The number of benzene rings is 1. The highest BCUT2D eigenvalue weighted by Gasteiger charge is 2.18. The number of hydrogen-bond donors (Lipinski definition) is 1. The van der Waals surface area contributed by atoms with E-state index in [1.807, 2.05) is 50.5 Å².